The van der Waals surface area contributed by atoms with Gasteiger partial charge in [0.25, 0.3) is 5.69 Å². The molecule has 1 heterocycles. The zero-order valence-corrected chi connectivity index (χ0v) is 12.1. The van der Waals surface area contributed by atoms with E-state index in [1.54, 1.807) is 4.90 Å². The summed E-state index contributed by atoms with van der Waals surface area (Å²) >= 11 is 0. The van der Waals surface area contributed by atoms with Gasteiger partial charge in [0, 0.05) is 31.2 Å². The number of nitrogens with one attached hydrogen (secondary N) is 1. The zero-order valence-electron chi connectivity index (χ0n) is 12.1. The van der Waals surface area contributed by atoms with E-state index in [9.17, 15) is 18.9 Å². The second kappa shape index (κ2) is 6.34. The van der Waals surface area contributed by atoms with Gasteiger partial charge in [-0.25, -0.2) is 8.78 Å². The highest BCUT2D eigenvalue weighted by molar-refractivity contribution is 5.65. The van der Waals surface area contributed by atoms with Crippen LogP contribution in [0.2, 0.25) is 0 Å². The number of nitrogens with zero attached hydrogens (tertiary/aromatic N) is 2. The molecule has 0 saturated carbocycles. The maximum Gasteiger partial charge on any atom is 0.295 e. The molecule has 116 valence electrons. The van der Waals surface area contributed by atoms with Crippen molar-refractivity contribution < 1.29 is 13.7 Å². The quantitative estimate of drug-likeness (QED) is 0.686. The predicted molar refractivity (Wildman–Crippen MR) is 76.5 cm³/mol. The molecule has 1 aliphatic rings. The van der Waals surface area contributed by atoms with Crippen LogP contribution in [0.1, 0.15) is 26.7 Å². The first-order valence-corrected chi connectivity index (χ1v) is 7.11. The van der Waals surface area contributed by atoms with Crippen molar-refractivity contribution >= 4 is 11.4 Å². The largest absolute Gasteiger partial charge is 0.358 e. The molecular formula is C14H19F2N3O2. The first-order valence-electron chi connectivity index (χ1n) is 7.11. The van der Waals surface area contributed by atoms with Crippen molar-refractivity contribution in [2.45, 2.75) is 38.8 Å². The summed E-state index contributed by atoms with van der Waals surface area (Å²) in [7, 11) is 0. The van der Waals surface area contributed by atoms with Crippen LogP contribution in [0.25, 0.3) is 0 Å². The minimum Gasteiger partial charge on any atom is -0.358 e. The summed E-state index contributed by atoms with van der Waals surface area (Å²) in [6.45, 7) is 4.94. The summed E-state index contributed by atoms with van der Waals surface area (Å²) in [6.07, 6.45) is 1.51. The molecule has 1 N–H and O–H groups in total. The van der Waals surface area contributed by atoms with Crippen LogP contribution in [0.15, 0.2) is 12.1 Å². The van der Waals surface area contributed by atoms with Gasteiger partial charge >= 0.3 is 0 Å². The molecule has 2 atom stereocenters. The van der Waals surface area contributed by atoms with E-state index >= 15 is 0 Å². The fraction of sp³-hybridized carbons (Fsp3) is 0.571. The van der Waals surface area contributed by atoms with Crippen molar-refractivity contribution in [1.29, 1.82) is 0 Å². The third-order valence-electron chi connectivity index (χ3n) is 4.00. The van der Waals surface area contributed by atoms with Crippen LogP contribution in [0.4, 0.5) is 20.2 Å². The molecule has 2 rings (SSSR count). The molecule has 1 aliphatic heterocycles. The predicted octanol–water partition coefficient (Wildman–Crippen LogP) is 2.84. The van der Waals surface area contributed by atoms with Gasteiger partial charge in [-0.2, -0.15) is 0 Å². The highest BCUT2D eigenvalue weighted by Gasteiger charge is 2.34. The van der Waals surface area contributed by atoms with Crippen LogP contribution >= 0.6 is 0 Å². The highest BCUT2D eigenvalue weighted by Crippen LogP contribution is 2.35. The summed E-state index contributed by atoms with van der Waals surface area (Å²) in [5, 5.41) is 14.5. The Morgan fingerprint density at radius 1 is 1.38 bits per heavy atom. The summed E-state index contributed by atoms with van der Waals surface area (Å²) in [5.41, 5.74) is -0.615. The van der Waals surface area contributed by atoms with Crippen LogP contribution in [0.5, 0.6) is 0 Å². The topological polar surface area (TPSA) is 58.4 Å². The van der Waals surface area contributed by atoms with Crippen LogP contribution in [0, 0.1) is 21.7 Å². The molecule has 0 amide bonds. The van der Waals surface area contributed by atoms with Gasteiger partial charge < -0.3 is 10.2 Å². The Balaban J connectivity index is 2.50. The number of halogens is 2. The van der Waals surface area contributed by atoms with E-state index in [4.69, 9.17) is 0 Å². The van der Waals surface area contributed by atoms with E-state index < -0.39 is 16.6 Å². The number of benzene rings is 1. The third kappa shape index (κ3) is 2.97. The second-order valence-electron chi connectivity index (χ2n) is 5.21. The lowest BCUT2D eigenvalue weighted by atomic mass is 10.0. The van der Waals surface area contributed by atoms with Gasteiger partial charge in [-0.05, 0) is 18.9 Å². The summed E-state index contributed by atoms with van der Waals surface area (Å²) in [4.78, 5) is 12.1. The van der Waals surface area contributed by atoms with Crippen molar-refractivity contribution in [1.82, 2.24) is 5.32 Å². The molecule has 1 aromatic carbocycles. The maximum atomic E-state index is 14.2. The Hall–Kier alpha value is -1.76. The van der Waals surface area contributed by atoms with Gasteiger partial charge in [-0.15, -0.1) is 0 Å². The van der Waals surface area contributed by atoms with Crippen molar-refractivity contribution in [2.24, 2.45) is 0 Å². The molecule has 0 aliphatic carbocycles. The SMILES string of the molecule is CCC1CN(c2c([N+](=O)[O-])ccc(F)c2F)C(CC)CN1. The van der Waals surface area contributed by atoms with Crippen molar-refractivity contribution in [3.8, 4) is 0 Å². The molecular weight excluding hydrogens is 280 g/mol. The van der Waals surface area contributed by atoms with Crippen LogP contribution in [-0.4, -0.2) is 30.1 Å². The fourth-order valence-corrected chi connectivity index (χ4v) is 2.73. The number of rotatable bonds is 4. The second-order valence-corrected chi connectivity index (χ2v) is 5.21. The molecule has 21 heavy (non-hydrogen) atoms. The van der Waals surface area contributed by atoms with Crippen molar-refractivity contribution in [3.63, 3.8) is 0 Å². The average molecular weight is 299 g/mol. The molecule has 0 radical (unpaired) electrons. The van der Waals surface area contributed by atoms with Crippen molar-refractivity contribution in [3.05, 3.63) is 33.9 Å². The van der Waals surface area contributed by atoms with E-state index in [-0.39, 0.29) is 23.5 Å². The Kier molecular flexibility index (Phi) is 4.72. The number of hydrogen-bond acceptors (Lipinski definition) is 4. The first-order chi connectivity index (χ1) is 9.99. The van der Waals surface area contributed by atoms with Gasteiger partial charge in [0.05, 0.1) is 4.92 Å². The maximum absolute atomic E-state index is 14.2. The Morgan fingerprint density at radius 3 is 2.67 bits per heavy atom. The smallest absolute Gasteiger partial charge is 0.295 e. The molecule has 0 aromatic heterocycles. The van der Waals surface area contributed by atoms with Gasteiger partial charge in [0.15, 0.2) is 17.3 Å². The lowest BCUT2D eigenvalue weighted by Gasteiger charge is -2.41. The minimum absolute atomic E-state index is 0.0946. The first kappa shape index (κ1) is 15.6. The van der Waals surface area contributed by atoms with Crippen LogP contribution in [-0.2, 0) is 0 Å². The van der Waals surface area contributed by atoms with Gasteiger partial charge in [-0.3, -0.25) is 10.1 Å². The Bertz CT molecular complexity index is 539. The molecule has 0 spiro atoms. The lowest BCUT2D eigenvalue weighted by Crippen LogP contribution is -2.56. The summed E-state index contributed by atoms with van der Waals surface area (Å²) in [6, 6.07) is 1.85. The molecule has 5 nitrogen and oxygen atoms in total. The zero-order chi connectivity index (χ0) is 15.6. The summed E-state index contributed by atoms with van der Waals surface area (Å²) in [5.74, 6) is -2.20. The van der Waals surface area contributed by atoms with E-state index in [2.05, 4.69) is 5.32 Å². The average Bonchev–Trinajstić information content (AvgIpc) is 2.48. The van der Waals surface area contributed by atoms with Gasteiger partial charge in [0.1, 0.15) is 0 Å². The van der Waals surface area contributed by atoms with E-state index in [0.717, 1.165) is 18.6 Å². The monoisotopic (exact) mass is 299 g/mol. The Morgan fingerprint density at radius 2 is 2.10 bits per heavy atom. The van der Waals surface area contributed by atoms with Gasteiger partial charge in [-0.1, -0.05) is 13.8 Å². The number of hydrogen-bond donors (Lipinski definition) is 1. The number of nitro groups is 1. The normalized spacial score (nSPS) is 22.4. The molecule has 2 unspecified atom stereocenters. The third-order valence-corrected chi connectivity index (χ3v) is 4.00. The number of nitro benzene ring substituents is 1. The summed E-state index contributed by atoms with van der Waals surface area (Å²) < 4.78 is 27.8. The Labute approximate surface area is 122 Å². The standard InChI is InChI=1S/C14H19F2N3O2/c1-3-9-8-18(10(4-2)7-17-9)14-12(19(20)21)6-5-11(15)13(14)16/h5-6,9-10,17H,3-4,7-8H2,1-2H3. The number of piperazine rings is 1. The van der Waals surface area contributed by atoms with Crippen LogP contribution < -0.4 is 10.2 Å². The van der Waals surface area contributed by atoms with E-state index in [0.29, 0.717) is 19.5 Å². The lowest BCUT2D eigenvalue weighted by molar-refractivity contribution is -0.384. The number of anilines is 1. The van der Waals surface area contributed by atoms with Crippen molar-refractivity contribution in [2.75, 3.05) is 18.0 Å². The van der Waals surface area contributed by atoms with E-state index in [1.807, 2.05) is 13.8 Å². The fourth-order valence-electron chi connectivity index (χ4n) is 2.73. The molecule has 1 saturated heterocycles. The van der Waals surface area contributed by atoms with E-state index in [1.165, 1.54) is 0 Å². The van der Waals surface area contributed by atoms with Gasteiger partial charge in [0.2, 0.25) is 0 Å². The minimum atomic E-state index is -1.14. The molecule has 7 heteroatoms. The molecule has 1 aromatic rings. The molecule has 1 fully saturated rings. The highest BCUT2D eigenvalue weighted by atomic mass is 19.2. The molecule has 0 bridgehead atoms. The van der Waals surface area contributed by atoms with Crippen LogP contribution in [0.3, 0.4) is 0 Å².